The molecule has 0 aliphatic carbocycles. The van der Waals surface area contributed by atoms with Crippen molar-refractivity contribution in [1.82, 2.24) is 0 Å². The van der Waals surface area contributed by atoms with E-state index in [0.29, 0.717) is 0 Å². The molecule has 0 rings (SSSR count). The standard InChI is InChI=1S/6C3H6O2.Mo/c6*1-2-3(4)5;/h6*2H2,1H3,(H,4,5);/p-6. The van der Waals surface area contributed by atoms with Crippen molar-refractivity contribution < 1.29 is 80.5 Å². The van der Waals surface area contributed by atoms with Gasteiger partial charge in [-0.15, -0.1) is 0 Å². The molecule has 0 saturated carbocycles. The molecule has 0 unspecified atom stereocenters. The summed E-state index contributed by atoms with van der Waals surface area (Å²) in [6.07, 6.45) is 0.667. The number of carboxylic acids is 6. The summed E-state index contributed by atoms with van der Waals surface area (Å²) >= 11 is 0. The molecule has 186 valence electrons. The van der Waals surface area contributed by atoms with E-state index in [1.807, 2.05) is 0 Å². The van der Waals surface area contributed by atoms with Crippen LogP contribution >= 0.6 is 0 Å². The summed E-state index contributed by atoms with van der Waals surface area (Å²) in [7, 11) is 0. The molecule has 0 aliphatic rings. The van der Waals surface area contributed by atoms with Crippen molar-refractivity contribution in [3.05, 3.63) is 0 Å². The Morgan fingerprint density at radius 3 is 0.387 bits per heavy atom. The number of carbonyl (C=O) groups is 6. The van der Waals surface area contributed by atoms with Crippen LogP contribution in [-0.2, 0) is 49.8 Å². The van der Waals surface area contributed by atoms with Crippen molar-refractivity contribution >= 4 is 35.8 Å². The van der Waals surface area contributed by atoms with Gasteiger partial charge in [0.1, 0.15) is 0 Å². The molecule has 0 heterocycles. The van der Waals surface area contributed by atoms with Crippen molar-refractivity contribution in [3.63, 3.8) is 0 Å². The third kappa shape index (κ3) is 198. The van der Waals surface area contributed by atoms with Crippen LogP contribution < -0.4 is 30.6 Å². The molecule has 0 spiro atoms. The van der Waals surface area contributed by atoms with Gasteiger partial charge < -0.3 is 59.4 Å². The fourth-order valence-corrected chi connectivity index (χ4v) is 0. The second kappa shape index (κ2) is 41.8. The molecule has 0 aliphatic heterocycles. The zero-order chi connectivity index (χ0) is 25.7. The van der Waals surface area contributed by atoms with E-state index in [4.69, 9.17) is 0 Å². The molecule has 31 heavy (non-hydrogen) atoms. The van der Waals surface area contributed by atoms with Crippen molar-refractivity contribution in [2.45, 2.75) is 80.1 Å². The van der Waals surface area contributed by atoms with Gasteiger partial charge in [0, 0.05) is 56.9 Å². The molecule has 0 radical (unpaired) electrons. The van der Waals surface area contributed by atoms with Gasteiger partial charge in [0.25, 0.3) is 0 Å². The van der Waals surface area contributed by atoms with E-state index in [0.717, 1.165) is 0 Å². The van der Waals surface area contributed by atoms with Crippen molar-refractivity contribution in [2.24, 2.45) is 0 Å². The summed E-state index contributed by atoms with van der Waals surface area (Å²) in [4.78, 5) is 55.5. The number of hydrogen-bond donors (Lipinski definition) is 0. The van der Waals surface area contributed by atoms with Crippen LogP contribution in [0.25, 0.3) is 0 Å². The summed E-state index contributed by atoms with van der Waals surface area (Å²) in [6, 6.07) is 0. The van der Waals surface area contributed by atoms with Crippen molar-refractivity contribution in [1.29, 1.82) is 0 Å². The fourth-order valence-electron chi connectivity index (χ4n) is 0. The third-order valence-electron chi connectivity index (χ3n) is 1.73. The number of carbonyl (C=O) groups excluding carboxylic acids is 6. The van der Waals surface area contributed by atoms with Gasteiger partial charge in [0.15, 0.2) is 0 Å². The minimum absolute atomic E-state index is 0. The second-order valence-electron chi connectivity index (χ2n) is 4.35. The summed E-state index contributed by atoms with van der Waals surface area (Å²) in [6.45, 7) is 9.22. The van der Waals surface area contributed by atoms with Crippen LogP contribution in [0.5, 0.6) is 0 Å². The average molecular weight is 534 g/mol. The predicted molar refractivity (Wildman–Crippen MR) is 91.8 cm³/mol. The Morgan fingerprint density at radius 1 is 0.355 bits per heavy atom. The Bertz CT molecular complexity index is 356. The summed E-state index contributed by atoms with van der Waals surface area (Å²) in [5, 5.41) is 55.5. The SMILES string of the molecule is CCC(=O)[O-].CCC(=O)[O-].CCC(=O)[O-].CCC(=O)[O-].CCC(=O)[O-].CCC(=O)[O-].[Mo]. The largest absolute Gasteiger partial charge is 0.550 e. The van der Waals surface area contributed by atoms with Crippen LogP contribution in [0.2, 0.25) is 0 Å². The summed E-state index contributed by atoms with van der Waals surface area (Å²) in [5.41, 5.74) is 0. The van der Waals surface area contributed by atoms with Crippen molar-refractivity contribution in [3.8, 4) is 0 Å². The number of rotatable bonds is 6. The van der Waals surface area contributed by atoms with Gasteiger partial charge in [-0.2, -0.15) is 0 Å². The van der Waals surface area contributed by atoms with Gasteiger partial charge >= 0.3 is 0 Å². The van der Waals surface area contributed by atoms with E-state index in [1.165, 1.54) is 41.5 Å². The van der Waals surface area contributed by atoms with Gasteiger partial charge in [0.05, 0.1) is 0 Å². The van der Waals surface area contributed by atoms with E-state index in [2.05, 4.69) is 0 Å². The predicted octanol–water partition coefficient (Wildman–Crippen LogP) is -5.12. The second-order valence-corrected chi connectivity index (χ2v) is 4.35. The summed E-state index contributed by atoms with van der Waals surface area (Å²) in [5.74, 6) is -5.97. The van der Waals surface area contributed by atoms with Gasteiger partial charge in [0.2, 0.25) is 0 Å². The molecule has 13 heteroatoms. The maximum atomic E-state index is 9.26. The maximum Gasteiger partial charge on any atom is 0.0411 e. The maximum absolute atomic E-state index is 9.26. The van der Waals surface area contributed by atoms with Crippen LogP contribution in [0.4, 0.5) is 0 Å². The topological polar surface area (TPSA) is 241 Å². The number of aliphatic carboxylic acids is 6. The van der Waals surface area contributed by atoms with E-state index in [9.17, 15) is 59.4 Å². The van der Waals surface area contributed by atoms with E-state index >= 15 is 0 Å². The molecule has 0 fully saturated rings. The minimum atomic E-state index is -0.995. The molecule has 0 amide bonds. The van der Waals surface area contributed by atoms with Gasteiger partial charge in [-0.3, -0.25) is 0 Å². The zero-order valence-electron chi connectivity index (χ0n) is 18.5. The first-order chi connectivity index (χ1) is 13.6. The molecule has 0 aromatic rings. The Labute approximate surface area is 196 Å². The first kappa shape index (κ1) is 46.6. The Kier molecular flexibility index (Phi) is 62.9. The molecular formula is C18H30MoO12-6. The van der Waals surface area contributed by atoms with Crippen LogP contribution in [0, 0.1) is 0 Å². The molecule has 0 aromatic carbocycles. The van der Waals surface area contributed by atoms with E-state index in [-0.39, 0.29) is 59.6 Å². The Balaban J connectivity index is -0.0000000443. The van der Waals surface area contributed by atoms with Crippen molar-refractivity contribution in [2.75, 3.05) is 0 Å². The Hall–Kier alpha value is -2.49. The van der Waals surface area contributed by atoms with E-state index in [1.54, 1.807) is 0 Å². The zero-order valence-corrected chi connectivity index (χ0v) is 20.6. The smallest absolute Gasteiger partial charge is 0.0411 e. The Morgan fingerprint density at radius 2 is 0.387 bits per heavy atom. The minimum Gasteiger partial charge on any atom is -0.550 e. The molecule has 0 N–H and O–H groups in total. The molecule has 0 saturated heterocycles. The fraction of sp³-hybridized carbons (Fsp3) is 0.667. The number of hydrogen-bond acceptors (Lipinski definition) is 12. The molecule has 12 nitrogen and oxygen atoms in total. The van der Waals surface area contributed by atoms with Crippen LogP contribution in [-0.4, -0.2) is 35.8 Å². The van der Waals surface area contributed by atoms with Crippen LogP contribution in [0.3, 0.4) is 0 Å². The van der Waals surface area contributed by atoms with Gasteiger partial charge in [-0.1, -0.05) is 41.5 Å². The van der Waals surface area contributed by atoms with Crippen LogP contribution in [0.15, 0.2) is 0 Å². The quantitative estimate of drug-likeness (QED) is 0.291. The van der Waals surface area contributed by atoms with E-state index < -0.39 is 35.8 Å². The first-order valence-corrected chi connectivity index (χ1v) is 8.81. The average Bonchev–Trinajstić information content (AvgIpc) is 2.69. The first-order valence-electron chi connectivity index (χ1n) is 8.81. The molecular weight excluding hydrogens is 504 g/mol. The van der Waals surface area contributed by atoms with Gasteiger partial charge in [-0.25, -0.2) is 0 Å². The summed E-state index contributed by atoms with van der Waals surface area (Å²) < 4.78 is 0. The third-order valence-corrected chi connectivity index (χ3v) is 1.73. The molecule has 0 bridgehead atoms. The number of carboxylic acid groups (broad SMARTS) is 6. The molecule has 0 atom stereocenters. The van der Waals surface area contributed by atoms with Crippen LogP contribution in [0.1, 0.15) is 80.1 Å². The normalized spacial score (nSPS) is 7.16. The van der Waals surface area contributed by atoms with Gasteiger partial charge in [-0.05, 0) is 38.5 Å². The monoisotopic (exact) mass is 536 g/mol. The molecule has 0 aromatic heterocycles.